The van der Waals surface area contributed by atoms with Crippen molar-refractivity contribution in [2.45, 2.75) is 13.5 Å². The molecule has 1 N–H and O–H groups in total. The van der Waals surface area contributed by atoms with Crippen LogP contribution in [0.3, 0.4) is 0 Å². The molecule has 31 heavy (non-hydrogen) atoms. The van der Waals surface area contributed by atoms with Crippen molar-refractivity contribution >= 4 is 41.5 Å². The Balaban J connectivity index is 0.00000341. The third-order valence-corrected chi connectivity index (χ3v) is 4.75. The van der Waals surface area contributed by atoms with Crippen molar-refractivity contribution in [1.29, 1.82) is 0 Å². The number of piperazine rings is 1. The average molecular weight is 542 g/mol. The van der Waals surface area contributed by atoms with E-state index in [9.17, 15) is 4.79 Å². The third kappa shape index (κ3) is 7.10. The minimum atomic E-state index is 0. The SMILES string of the molecule is CCNC(=NCc1ccc(OCCOC)cc1)N1CCN(c2cnn(C)c2)C(=O)C1.I. The Hall–Kier alpha value is -2.34. The second-order valence-corrected chi connectivity index (χ2v) is 6.99. The van der Waals surface area contributed by atoms with Crippen LogP contribution in [0.2, 0.25) is 0 Å². The van der Waals surface area contributed by atoms with Crippen LogP contribution in [0, 0.1) is 0 Å². The van der Waals surface area contributed by atoms with E-state index in [4.69, 9.17) is 14.5 Å². The molecule has 2 aromatic rings. The van der Waals surface area contributed by atoms with Crippen molar-refractivity contribution in [1.82, 2.24) is 20.0 Å². The van der Waals surface area contributed by atoms with E-state index in [0.29, 0.717) is 32.8 Å². The van der Waals surface area contributed by atoms with Gasteiger partial charge in [-0.2, -0.15) is 5.10 Å². The van der Waals surface area contributed by atoms with Gasteiger partial charge in [0.1, 0.15) is 18.9 Å². The summed E-state index contributed by atoms with van der Waals surface area (Å²) in [7, 11) is 3.50. The highest BCUT2D eigenvalue weighted by Crippen LogP contribution is 2.17. The van der Waals surface area contributed by atoms with E-state index in [0.717, 1.165) is 29.5 Å². The van der Waals surface area contributed by atoms with Crippen LogP contribution in [-0.2, 0) is 23.1 Å². The van der Waals surface area contributed by atoms with E-state index in [1.807, 2.05) is 49.3 Å². The van der Waals surface area contributed by atoms with Crippen LogP contribution in [-0.4, -0.2) is 73.0 Å². The summed E-state index contributed by atoms with van der Waals surface area (Å²) >= 11 is 0. The summed E-state index contributed by atoms with van der Waals surface area (Å²) < 4.78 is 12.3. The van der Waals surface area contributed by atoms with Crippen molar-refractivity contribution in [3.05, 3.63) is 42.2 Å². The Labute approximate surface area is 200 Å². The minimum absolute atomic E-state index is 0. The lowest BCUT2D eigenvalue weighted by Gasteiger charge is -2.35. The molecular weight excluding hydrogens is 511 g/mol. The maximum atomic E-state index is 12.7. The third-order valence-electron chi connectivity index (χ3n) is 4.75. The fraction of sp³-hybridized carbons (Fsp3) is 0.476. The predicted molar refractivity (Wildman–Crippen MR) is 131 cm³/mol. The zero-order valence-electron chi connectivity index (χ0n) is 18.3. The monoisotopic (exact) mass is 542 g/mol. The van der Waals surface area contributed by atoms with Crippen molar-refractivity contribution in [3.63, 3.8) is 0 Å². The van der Waals surface area contributed by atoms with Gasteiger partial charge in [0.15, 0.2) is 5.96 Å². The summed E-state index contributed by atoms with van der Waals surface area (Å²) in [5, 5.41) is 7.46. The first-order valence-corrected chi connectivity index (χ1v) is 10.1. The normalized spacial score (nSPS) is 14.4. The molecule has 10 heteroatoms. The number of ether oxygens (including phenoxy) is 2. The van der Waals surface area contributed by atoms with Gasteiger partial charge in [0.05, 0.1) is 25.0 Å². The number of anilines is 1. The van der Waals surface area contributed by atoms with Gasteiger partial charge < -0.3 is 24.6 Å². The number of halogens is 1. The van der Waals surface area contributed by atoms with Gasteiger partial charge in [-0.3, -0.25) is 9.48 Å². The summed E-state index contributed by atoms with van der Waals surface area (Å²) in [4.78, 5) is 21.2. The molecular formula is C21H31IN6O3. The molecule has 0 radical (unpaired) electrons. The molecule has 1 aromatic carbocycles. The Morgan fingerprint density at radius 2 is 2.00 bits per heavy atom. The van der Waals surface area contributed by atoms with Gasteiger partial charge in [0.2, 0.25) is 5.91 Å². The molecule has 2 heterocycles. The van der Waals surface area contributed by atoms with Crippen LogP contribution < -0.4 is 15.0 Å². The number of guanidine groups is 1. The second-order valence-electron chi connectivity index (χ2n) is 6.99. The number of carbonyl (C=O) groups excluding carboxylic acids is 1. The highest BCUT2D eigenvalue weighted by molar-refractivity contribution is 14.0. The van der Waals surface area contributed by atoms with Crippen LogP contribution in [0.4, 0.5) is 5.69 Å². The summed E-state index contributed by atoms with van der Waals surface area (Å²) in [6, 6.07) is 7.87. The van der Waals surface area contributed by atoms with Crippen LogP contribution in [0.25, 0.3) is 0 Å². The van der Waals surface area contributed by atoms with Crippen molar-refractivity contribution < 1.29 is 14.3 Å². The topological polar surface area (TPSA) is 84.2 Å². The molecule has 1 aliphatic heterocycles. The molecule has 0 bridgehead atoms. The van der Waals surface area contributed by atoms with E-state index in [2.05, 4.69) is 10.4 Å². The maximum absolute atomic E-state index is 12.7. The molecule has 0 unspecified atom stereocenters. The van der Waals surface area contributed by atoms with E-state index in [1.165, 1.54) is 0 Å². The quantitative estimate of drug-likeness (QED) is 0.238. The number of aliphatic imine (C=N–C) groups is 1. The molecule has 0 atom stereocenters. The van der Waals surface area contributed by atoms with Gasteiger partial charge in [-0.15, -0.1) is 24.0 Å². The largest absolute Gasteiger partial charge is 0.491 e. The molecule has 1 aromatic heterocycles. The number of aryl methyl sites for hydroxylation is 1. The number of rotatable bonds is 8. The Morgan fingerprint density at radius 1 is 1.23 bits per heavy atom. The fourth-order valence-corrected chi connectivity index (χ4v) is 3.20. The van der Waals surface area contributed by atoms with Crippen molar-refractivity contribution in [2.75, 3.05) is 51.4 Å². The molecule has 170 valence electrons. The van der Waals surface area contributed by atoms with Gasteiger partial charge >= 0.3 is 0 Å². The fourth-order valence-electron chi connectivity index (χ4n) is 3.20. The molecule has 0 aliphatic carbocycles. The van der Waals surface area contributed by atoms with Gasteiger partial charge in [0.25, 0.3) is 0 Å². The maximum Gasteiger partial charge on any atom is 0.246 e. The molecule has 0 spiro atoms. The van der Waals surface area contributed by atoms with Crippen LogP contribution in [0.1, 0.15) is 12.5 Å². The first-order chi connectivity index (χ1) is 14.6. The van der Waals surface area contributed by atoms with E-state index >= 15 is 0 Å². The first-order valence-electron chi connectivity index (χ1n) is 10.1. The zero-order chi connectivity index (χ0) is 21.3. The molecule has 0 saturated carbocycles. The minimum Gasteiger partial charge on any atom is -0.491 e. The number of hydrogen-bond donors (Lipinski definition) is 1. The summed E-state index contributed by atoms with van der Waals surface area (Å²) in [6.07, 6.45) is 3.57. The molecule has 1 amide bonds. The standard InChI is InChI=1S/C21H30N6O3.HI/c1-4-22-21(23-13-17-5-7-19(8-6-17)30-12-11-29-3)26-9-10-27(20(28)16-26)18-14-24-25(2)15-18;/h5-8,14-15H,4,9-13,16H2,1-3H3,(H,22,23);1H. The summed E-state index contributed by atoms with van der Waals surface area (Å²) in [5.74, 6) is 1.60. The Bertz CT molecular complexity index is 855. The molecule has 1 aliphatic rings. The number of benzene rings is 1. The second kappa shape index (κ2) is 12.5. The van der Waals surface area contributed by atoms with E-state index in [-0.39, 0.29) is 36.4 Å². The number of methoxy groups -OCH3 is 1. The lowest BCUT2D eigenvalue weighted by atomic mass is 10.2. The summed E-state index contributed by atoms with van der Waals surface area (Å²) in [6.45, 7) is 5.96. The number of nitrogens with zero attached hydrogens (tertiary/aromatic N) is 5. The van der Waals surface area contributed by atoms with E-state index < -0.39 is 0 Å². The van der Waals surface area contributed by atoms with Crippen molar-refractivity contribution in [2.24, 2.45) is 12.0 Å². The lowest BCUT2D eigenvalue weighted by molar-refractivity contribution is -0.120. The van der Waals surface area contributed by atoms with Crippen LogP contribution in [0.15, 0.2) is 41.7 Å². The molecule has 1 saturated heterocycles. The summed E-state index contributed by atoms with van der Waals surface area (Å²) in [5.41, 5.74) is 1.90. The molecule has 3 rings (SSSR count). The molecule has 1 fully saturated rings. The first kappa shape index (κ1) is 24.9. The average Bonchev–Trinajstić information content (AvgIpc) is 3.18. The number of nitrogens with one attached hydrogen (secondary N) is 1. The van der Waals surface area contributed by atoms with E-state index in [1.54, 1.807) is 22.9 Å². The lowest BCUT2D eigenvalue weighted by Crippen LogP contribution is -2.55. The highest BCUT2D eigenvalue weighted by atomic mass is 127. The molecule has 9 nitrogen and oxygen atoms in total. The van der Waals surface area contributed by atoms with Crippen LogP contribution in [0.5, 0.6) is 5.75 Å². The Morgan fingerprint density at radius 3 is 2.61 bits per heavy atom. The van der Waals surface area contributed by atoms with Crippen LogP contribution >= 0.6 is 24.0 Å². The van der Waals surface area contributed by atoms with Crippen molar-refractivity contribution in [3.8, 4) is 5.75 Å². The Kier molecular flexibility index (Phi) is 10.0. The van der Waals surface area contributed by atoms with Gasteiger partial charge in [-0.05, 0) is 24.6 Å². The number of aromatic nitrogens is 2. The number of amides is 1. The van der Waals surface area contributed by atoms with Gasteiger partial charge in [-0.25, -0.2) is 4.99 Å². The number of hydrogen-bond acceptors (Lipinski definition) is 5. The van der Waals surface area contributed by atoms with Gasteiger partial charge in [0, 0.05) is 40.0 Å². The number of carbonyl (C=O) groups is 1. The van der Waals surface area contributed by atoms with Gasteiger partial charge in [-0.1, -0.05) is 12.1 Å². The zero-order valence-corrected chi connectivity index (χ0v) is 20.6. The predicted octanol–water partition coefficient (Wildman–Crippen LogP) is 1.88. The smallest absolute Gasteiger partial charge is 0.246 e. The highest BCUT2D eigenvalue weighted by Gasteiger charge is 2.27.